The predicted molar refractivity (Wildman–Crippen MR) is 69.2 cm³/mol. The fourth-order valence-electron chi connectivity index (χ4n) is 1.37. The molecule has 0 spiro atoms. The molecule has 1 atom stereocenters. The summed E-state index contributed by atoms with van der Waals surface area (Å²) in [4.78, 5) is 2.06. The summed E-state index contributed by atoms with van der Waals surface area (Å²) >= 11 is 0. The molecule has 0 amide bonds. The highest BCUT2D eigenvalue weighted by Crippen LogP contribution is 2.05. The van der Waals surface area contributed by atoms with Gasteiger partial charge in [0.15, 0.2) is 0 Å². The Hall–Kier alpha value is -1.12. The molecule has 0 aromatic heterocycles. The molecular weight excluding hydrogens is 198 g/mol. The SMILES string of the molecule is CCCOC(C=Cc1ccccc1)N(C)C. The smallest absolute Gasteiger partial charge is 0.129 e. The van der Waals surface area contributed by atoms with Gasteiger partial charge in [-0.2, -0.15) is 0 Å². The largest absolute Gasteiger partial charge is 0.360 e. The summed E-state index contributed by atoms with van der Waals surface area (Å²) in [5.41, 5.74) is 1.20. The van der Waals surface area contributed by atoms with Crippen LogP contribution in [0.5, 0.6) is 0 Å². The standard InChI is InChI=1S/C14H21NO/c1-4-12-16-14(15(2)3)11-10-13-8-6-5-7-9-13/h5-11,14H,4,12H2,1-3H3. The van der Waals surface area contributed by atoms with Crippen LogP contribution in [0.4, 0.5) is 0 Å². The molecule has 2 heteroatoms. The average Bonchev–Trinajstić information content (AvgIpc) is 2.30. The first kappa shape index (κ1) is 12.9. The predicted octanol–water partition coefficient (Wildman–Crippen LogP) is 3.01. The van der Waals surface area contributed by atoms with Gasteiger partial charge in [0.1, 0.15) is 6.23 Å². The highest BCUT2D eigenvalue weighted by Gasteiger charge is 2.05. The van der Waals surface area contributed by atoms with Crippen molar-refractivity contribution in [1.82, 2.24) is 4.90 Å². The first-order chi connectivity index (χ1) is 7.74. The van der Waals surface area contributed by atoms with Crippen LogP contribution in [0.2, 0.25) is 0 Å². The van der Waals surface area contributed by atoms with Crippen molar-refractivity contribution in [3.63, 3.8) is 0 Å². The minimum atomic E-state index is 0.0557. The molecule has 0 N–H and O–H groups in total. The summed E-state index contributed by atoms with van der Waals surface area (Å²) in [6.45, 7) is 2.91. The Morgan fingerprint density at radius 3 is 2.50 bits per heavy atom. The van der Waals surface area contributed by atoms with E-state index in [2.05, 4.69) is 36.1 Å². The summed E-state index contributed by atoms with van der Waals surface area (Å²) in [6, 6.07) is 10.3. The van der Waals surface area contributed by atoms with Crippen LogP contribution in [0.15, 0.2) is 36.4 Å². The number of rotatable bonds is 6. The molecule has 0 aliphatic heterocycles. The van der Waals surface area contributed by atoms with Crippen molar-refractivity contribution in [3.05, 3.63) is 42.0 Å². The van der Waals surface area contributed by atoms with Gasteiger partial charge in [-0.15, -0.1) is 0 Å². The summed E-state index contributed by atoms with van der Waals surface area (Å²) in [7, 11) is 4.05. The molecule has 1 unspecified atom stereocenters. The molecular formula is C14H21NO. The maximum Gasteiger partial charge on any atom is 0.129 e. The normalized spacial score (nSPS) is 13.5. The zero-order valence-electron chi connectivity index (χ0n) is 10.4. The molecule has 1 aromatic carbocycles. The van der Waals surface area contributed by atoms with E-state index in [4.69, 9.17) is 4.74 Å². The lowest BCUT2D eigenvalue weighted by Crippen LogP contribution is -2.28. The van der Waals surface area contributed by atoms with Crippen LogP contribution < -0.4 is 0 Å². The van der Waals surface area contributed by atoms with E-state index < -0.39 is 0 Å². The third-order valence-electron chi connectivity index (χ3n) is 2.25. The van der Waals surface area contributed by atoms with Gasteiger partial charge in [-0.3, -0.25) is 4.90 Å². The molecule has 88 valence electrons. The van der Waals surface area contributed by atoms with Crippen molar-refractivity contribution in [2.75, 3.05) is 20.7 Å². The van der Waals surface area contributed by atoms with Crippen LogP contribution in [-0.2, 0) is 4.74 Å². The van der Waals surface area contributed by atoms with Gasteiger partial charge < -0.3 is 4.74 Å². The molecule has 0 saturated carbocycles. The van der Waals surface area contributed by atoms with Gasteiger partial charge in [-0.25, -0.2) is 0 Å². The van der Waals surface area contributed by atoms with Gasteiger partial charge in [-0.1, -0.05) is 43.3 Å². The van der Waals surface area contributed by atoms with E-state index in [0.29, 0.717) is 0 Å². The second kappa shape index (κ2) is 7.20. The quantitative estimate of drug-likeness (QED) is 0.682. The van der Waals surface area contributed by atoms with Crippen LogP contribution in [-0.4, -0.2) is 31.8 Å². The van der Waals surface area contributed by atoms with Gasteiger partial charge in [0.2, 0.25) is 0 Å². The van der Waals surface area contributed by atoms with Gasteiger partial charge in [0.05, 0.1) is 0 Å². The average molecular weight is 219 g/mol. The van der Waals surface area contributed by atoms with E-state index in [1.165, 1.54) is 5.56 Å². The minimum Gasteiger partial charge on any atom is -0.360 e. The molecule has 16 heavy (non-hydrogen) atoms. The number of benzene rings is 1. The van der Waals surface area contributed by atoms with Gasteiger partial charge in [0.25, 0.3) is 0 Å². The fourth-order valence-corrected chi connectivity index (χ4v) is 1.37. The molecule has 0 radical (unpaired) electrons. The Labute approximate surface area is 98.5 Å². The number of nitrogens with zero attached hydrogens (tertiary/aromatic N) is 1. The van der Waals surface area contributed by atoms with Gasteiger partial charge in [-0.05, 0) is 32.2 Å². The number of ether oxygens (including phenoxy) is 1. The maximum absolute atomic E-state index is 5.71. The number of likely N-dealkylation sites (N-methyl/N-ethyl adjacent to an activating group) is 1. The Bertz CT molecular complexity index is 306. The van der Waals surface area contributed by atoms with Crippen molar-refractivity contribution in [3.8, 4) is 0 Å². The van der Waals surface area contributed by atoms with Crippen molar-refractivity contribution < 1.29 is 4.74 Å². The van der Waals surface area contributed by atoms with Crippen LogP contribution >= 0.6 is 0 Å². The fraction of sp³-hybridized carbons (Fsp3) is 0.429. The van der Waals surface area contributed by atoms with Gasteiger partial charge >= 0.3 is 0 Å². The molecule has 0 heterocycles. The zero-order valence-corrected chi connectivity index (χ0v) is 10.4. The minimum absolute atomic E-state index is 0.0557. The lowest BCUT2D eigenvalue weighted by Gasteiger charge is -2.21. The summed E-state index contributed by atoms with van der Waals surface area (Å²) in [5, 5.41) is 0. The lowest BCUT2D eigenvalue weighted by atomic mass is 10.2. The Morgan fingerprint density at radius 2 is 1.94 bits per heavy atom. The first-order valence-electron chi connectivity index (χ1n) is 5.75. The first-order valence-corrected chi connectivity index (χ1v) is 5.75. The van der Waals surface area contributed by atoms with E-state index in [1.54, 1.807) is 0 Å². The van der Waals surface area contributed by atoms with E-state index in [-0.39, 0.29) is 6.23 Å². The molecule has 2 nitrogen and oxygen atoms in total. The summed E-state index contributed by atoms with van der Waals surface area (Å²) in [5.74, 6) is 0. The second-order valence-corrected chi connectivity index (χ2v) is 3.99. The van der Waals surface area contributed by atoms with Crippen LogP contribution in [0.1, 0.15) is 18.9 Å². The third kappa shape index (κ3) is 4.60. The highest BCUT2D eigenvalue weighted by atomic mass is 16.5. The van der Waals surface area contributed by atoms with Crippen LogP contribution in [0, 0.1) is 0 Å². The molecule has 1 rings (SSSR count). The van der Waals surface area contributed by atoms with Gasteiger partial charge in [0, 0.05) is 6.61 Å². The number of hydrogen-bond donors (Lipinski definition) is 0. The second-order valence-electron chi connectivity index (χ2n) is 3.99. The van der Waals surface area contributed by atoms with E-state index in [9.17, 15) is 0 Å². The Morgan fingerprint density at radius 1 is 1.25 bits per heavy atom. The maximum atomic E-state index is 5.71. The van der Waals surface area contributed by atoms with Crippen LogP contribution in [0.25, 0.3) is 6.08 Å². The Kier molecular flexibility index (Phi) is 5.83. The van der Waals surface area contributed by atoms with E-state index in [0.717, 1.165) is 13.0 Å². The molecule has 1 aromatic rings. The van der Waals surface area contributed by atoms with Crippen molar-refractivity contribution >= 4 is 6.08 Å². The lowest BCUT2D eigenvalue weighted by molar-refractivity contribution is -0.00131. The summed E-state index contributed by atoms with van der Waals surface area (Å²) in [6.07, 6.45) is 5.29. The molecule has 0 saturated heterocycles. The van der Waals surface area contributed by atoms with Crippen molar-refractivity contribution in [2.45, 2.75) is 19.6 Å². The van der Waals surface area contributed by atoms with E-state index in [1.807, 2.05) is 32.3 Å². The van der Waals surface area contributed by atoms with Crippen LogP contribution in [0.3, 0.4) is 0 Å². The molecule has 0 aliphatic carbocycles. The zero-order chi connectivity index (χ0) is 11.8. The van der Waals surface area contributed by atoms with Crippen molar-refractivity contribution in [1.29, 1.82) is 0 Å². The molecule has 0 fully saturated rings. The topological polar surface area (TPSA) is 12.5 Å². The molecule has 0 aliphatic rings. The highest BCUT2D eigenvalue weighted by molar-refractivity contribution is 5.49. The van der Waals surface area contributed by atoms with Crippen molar-refractivity contribution in [2.24, 2.45) is 0 Å². The Balaban J connectivity index is 2.57. The molecule has 0 bridgehead atoms. The van der Waals surface area contributed by atoms with E-state index >= 15 is 0 Å². The third-order valence-corrected chi connectivity index (χ3v) is 2.25. The monoisotopic (exact) mass is 219 g/mol. The summed E-state index contributed by atoms with van der Waals surface area (Å²) < 4.78 is 5.71. The number of hydrogen-bond acceptors (Lipinski definition) is 2.